The van der Waals surface area contributed by atoms with Crippen LogP contribution in [0, 0.1) is 0 Å². The van der Waals surface area contributed by atoms with Crippen LogP contribution in [0.25, 0.3) is 0 Å². The van der Waals surface area contributed by atoms with E-state index in [2.05, 4.69) is 9.50 Å². The molecule has 112 valence electrons. The summed E-state index contributed by atoms with van der Waals surface area (Å²) in [6.07, 6.45) is 3.62. The van der Waals surface area contributed by atoms with E-state index >= 15 is 0 Å². The first kappa shape index (κ1) is 16.7. The number of benzene rings is 1. The number of amides is 1. The number of hydrogen-bond acceptors (Lipinski definition) is 4. The van der Waals surface area contributed by atoms with E-state index in [1.165, 1.54) is 0 Å². The van der Waals surface area contributed by atoms with Crippen LogP contribution < -0.4 is 5.32 Å². The van der Waals surface area contributed by atoms with Crippen molar-refractivity contribution >= 4 is 16.0 Å². The van der Waals surface area contributed by atoms with Gasteiger partial charge in [0.1, 0.15) is 0 Å². The van der Waals surface area contributed by atoms with Crippen LogP contribution in [0.15, 0.2) is 30.3 Å². The maximum absolute atomic E-state index is 11.6. The van der Waals surface area contributed by atoms with Crippen molar-refractivity contribution in [1.82, 2.24) is 5.32 Å². The number of hydrogen-bond donors (Lipinski definition) is 1. The van der Waals surface area contributed by atoms with Gasteiger partial charge in [-0.1, -0.05) is 36.8 Å². The molecule has 0 bridgehead atoms. The predicted molar refractivity (Wildman–Crippen MR) is 77.6 cm³/mol. The first-order chi connectivity index (χ1) is 9.47. The molecule has 0 fully saturated rings. The SMILES string of the molecule is CS(=O)(=O)OCCCCCC(=O)NCc1ccccc1. The van der Waals surface area contributed by atoms with Crippen LogP contribution in [0.1, 0.15) is 31.2 Å². The van der Waals surface area contributed by atoms with Crippen molar-refractivity contribution in [3.63, 3.8) is 0 Å². The Morgan fingerprint density at radius 2 is 1.85 bits per heavy atom. The lowest BCUT2D eigenvalue weighted by Crippen LogP contribution is -2.22. The van der Waals surface area contributed by atoms with E-state index in [1.807, 2.05) is 30.3 Å². The van der Waals surface area contributed by atoms with Gasteiger partial charge in [0.15, 0.2) is 0 Å². The summed E-state index contributed by atoms with van der Waals surface area (Å²) in [4.78, 5) is 11.6. The van der Waals surface area contributed by atoms with Crippen LogP contribution in [-0.2, 0) is 25.6 Å². The van der Waals surface area contributed by atoms with E-state index < -0.39 is 10.1 Å². The lowest BCUT2D eigenvalue weighted by atomic mass is 10.2. The minimum absolute atomic E-state index is 0.0119. The molecule has 0 atom stereocenters. The maximum Gasteiger partial charge on any atom is 0.264 e. The Labute approximate surface area is 120 Å². The fourth-order valence-corrected chi connectivity index (χ4v) is 2.08. The largest absolute Gasteiger partial charge is 0.352 e. The van der Waals surface area contributed by atoms with E-state index in [4.69, 9.17) is 0 Å². The van der Waals surface area contributed by atoms with Crippen molar-refractivity contribution in [2.45, 2.75) is 32.2 Å². The molecule has 1 aromatic rings. The van der Waals surface area contributed by atoms with Gasteiger partial charge in [-0.05, 0) is 18.4 Å². The third-order valence-corrected chi connectivity index (χ3v) is 3.27. The highest BCUT2D eigenvalue weighted by Crippen LogP contribution is 2.02. The molecule has 0 spiro atoms. The van der Waals surface area contributed by atoms with Gasteiger partial charge in [-0.2, -0.15) is 8.42 Å². The maximum atomic E-state index is 11.6. The highest BCUT2D eigenvalue weighted by molar-refractivity contribution is 7.85. The van der Waals surface area contributed by atoms with Gasteiger partial charge in [0, 0.05) is 13.0 Å². The molecule has 1 aromatic carbocycles. The van der Waals surface area contributed by atoms with Crippen molar-refractivity contribution in [1.29, 1.82) is 0 Å². The van der Waals surface area contributed by atoms with Crippen molar-refractivity contribution < 1.29 is 17.4 Å². The molecule has 0 saturated heterocycles. The smallest absolute Gasteiger partial charge is 0.264 e. The summed E-state index contributed by atoms with van der Waals surface area (Å²) in [5.74, 6) is 0.0119. The van der Waals surface area contributed by atoms with Crippen LogP contribution in [-0.4, -0.2) is 27.2 Å². The summed E-state index contributed by atoms with van der Waals surface area (Å²) in [5, 5.41) is 2.85. The standard InChI is InChI=1S/C14H21NO4S/c1-20(17,18)19-11-7-3-6-10-14(16)15-12-13-8-4-2-5-9-13/h2,4-5,8-9H,3,6-7,10-12H2,1H3,(H,15,16). The molecule has 20 heavy (non-hydrogen) atoms. The second-order valence-electron chi connectivity index (χ2n) is 4.60. The van der Waals surface area contributed by atoms with E-state index in [9.17, 15) is 13.2 Å². The molecule has 0 aliphatic carbocycles. The molecule has 0 aliphatic rings. The lowest BCUT2D eigenvalue weighted by Gasteiger charge is -2.05. The highest BCUT2D eigenvalue weighted by Gasteiger charge is 2.03. The molecule has 0 aliphatic heterocycles. The zero-order chi connectivity index (χ0) is 14.8. The summed E-state index contributed by atoms with van der Waals surface area (Å²) < 4.78 is 26.0. The van der Waals surface area contributed by atoms with Gasteiger partial charge in [-0.25, -0.2) is 0 Å². The zero-order valence-corrected chi connectivity index (χ0v) is 12.5. The summed E-state index contributed by atoms with van der Waals surface area (Å²) in [5.41, 5.74) is 1.07. The minimum Gasteiger partial charge on any atom is -0.352 e. The van der Waals surface area contributed by atoms with Gasteiger partial charge in [0.05, 0.1) is 12.9 Å². The predicted octanol–water partition coefficient (Wildman–Crippen LogP) is 1.84. The van der Waals surface area contributed by atoms with Crippen LogP contribution in [0.4, 0.5) is 0 Å². The van der Waals surface area contributed by atoms with Gasteiger partial charge in [-0.15, -0.1) is 0 Å². The van der Waals surface area contributed by atoms with Gasteiger partial charge >= 0.3 is 0 Å². The summed E-state index contributed by atoms with van der Waals surface area (Å²) in [7, 11) is -3.35. The first-order valence-electron chi connectivity index (χ1n) is 6.62. The molecule has 1 rings (SSSR count). The molecule has 0 heterocycles. The number of carbonyl (C=O) groups is 1. The van der Waals surface area contributed by atoms with Gasteiger partial charge in [0.2, 0.25) is 5.91 Å². The lowest BCUT2D eigenvalue weighted by molar-refractivity contribution is -0.121. The number of carbonyl (C=O) groups excluding carboxylic acids is 1. The monoisotopic (exact) mass is 299 g/mol. The second-order valence-corrected chi connectivity index (χ2v) is 6.24. The summed E-state index contributed by atoms with van der Waals surface area (Å²) in [6.45, 7) is 0.724. The van der Waals surface area contributed by atoms with Crippen molar-refractivity contribution in [3.8, 4) is 0 Å². The number of nitrogens with one attached hydrogen (secondary N) is 1. The van der Waals surface area contributed by atoms with Crippen LogP contribution in [0.3, 0.4) is 0 Å². The molecular formula is C14H21NO4S. The Morgan fingerprint density at radius 3 is 2.50 bits per heavy atom. The van der Waals surface area contributed by atoms with E-state index in [-0.39, 0.29) is 12.5 Å². The molecule has 0 unspecified atom stereocenters. The van der Waals surface area contributed by atoms with Gasteiger partial charge in [-0.3, -0.25) is 8.98 Å². The van der Waals surface area contributed by atoms with Crippen molar-refractivity contribution in [2.75, 3.05) is 12.9 Å². The zero-order valence-electron chi connectivity index (χ0n) is 11.7. The van der Waals surface area contributed by atoms with E-state index in [0.717, 1.165) is 24.7 Å². The number of unbranched alkanes of at least 4 members (excludes halogenated alkanes) is 2. The van der Waals surface area contributed by atoms with Crippen LogP contribution >= 0.6 is 0 Å². The quantitative estimate of drug-likeness (QED) is 0.558. The Balaban J connectivity index is 2.03. The van der Waals surface area contributed by atoms with Crippen LogP contribution in [0.2, 0.25) is 0 Å². The van der Waals surface area contributed by atoms with Gasteiger partial charge < -0.3 is 5.32 Å². The van der Waals surface area contributed by atoms with E-state index in [0.29, 0.717) is 19.4 Å². The first-order valence-corrected chi connectivity index (χ1v) is 8.44. The Kier molecular flexibility index (Phi) is 7.25. The molecule has 0 saturated carbocycles. The Bertz CT molecular complexity index is 499. The number of rotatable bonds is 9. The highest BCUT2D eigenvalue weighted by atomic mass is 32.2. The third-order valence-electron chi connectivity index (χ3n) is 2.68. The average Bonchev–Trinajstić information content (AvgIpc) is 2.40. The molecule has 6 heteroatoms. The summed E-state index contributed by atoms with van der Waals surface area (Å²) in [6, 6.07) is 9.72. The molecule has 5 nitrogen and oxygen atoms in total. The molecule has 0 aromatic heterocycles. The molecule has 1 amide bonds. The summed E-state index contributed by atoms with van der Waals surface area (Å²) >= 11 is 0. The third kappa shape index (κ3) is 8.66. The Hall–Kier alpha value is -1.40. The van der Waals surface area contributed by atoms with Crippen molar-refractivity contribution in [3.05, 3.63) is 35.9 Å². The minimum atomic E-state index is -3.35. The second kappa shape index (κ2) is 8.71. The topological polar surface area (TPSA) is 72.5 Å². The molecular weight excluding hydrogens is 278 g/mol. The fourth-order valence-electron chi connectivity index (χ4n) is 1.66. The molecule has 1 N–H and O–H groups in total. The normalized spacial score (nSPS) is 11.2. The average molecular weight is 299 g/mol. The fraction of sp³-hybridized carbons (Fsp3) is 0.500. The van der Waals surface area contributed by atoms with Gasteiger partial charge in [0.25, 0.3) is 10.1 Å². The van der Waals surface area contributed by atoms with Crippen LogP contribution in [0.5, 0.6) is 0 Å². The Morgan fingerprint density at radius 1 is 1.15 bits per heavy atom. The van der Waals surface area contributed by atoms with E-state index in [1.54, 1.807) is 0 Å². The van der Waals surface area contributed by atoms with Crippen molar-refractivity contribution in [2.24, 2.45) is 0 Å². The molecule has 0 radical (unpaired) electrons.